The second-order valence-corrected chi connectivity index (χ2v) is 6.41. The topological polar surface area (TPSA) is 51.2 Å². The summed E-state index contributed by atoms with van der Waals surface area (Å²) in [5, 5.41) is 3.69. The number of amides is 1. The highest BCUT2D eigenvalue weighted by molar-refractivity contribution is 9.10. The zero-order valence-electron chi connectivity index (χ0n) is 11.3. The molecule has 0 atom stereocenters. The molecule has 0 aliphatic heterocycles. The van der Waals surface area contributed by atoms with E-state index in [1.165, 1.54) is 6.20 Å². The van der Waals surface area contributed by atoms with Crippen molar-refractivity contribution in [3.8, 4) is 5.75 Å². The molecule has 0 aliphatic carbocycles. The average Bonchev–Trinajstić information content (AvgIpc) is 2.47. The minimum Gasteiger partial charge on any atom is -0.482 e. The molecular formula is C14H10BrCl3N2O2. The van der Waals surface area contributed by atoms with Crippen LogP contribution >= 0.6 is 50.7 Å². The number of ether oxygens (including phenoxy) is 1. The molecule has 0 spiro atoms. The predicted molar refractivity (Wildman–Crippen MR) is 92.3 cm³/mol. The molecular weight excluding hydrogens is 414 g/mol. The molecule has 2 aromatic rings. The molecule has 0 radical (unpaired) electrons. The van der Waals surface area contributed by atoms with Crippen LogP contribution in [0.15, 0.2) is 28.9 Å². The highest BCUT2D eigenvalue weighted by atomic mass is 79.9. The molecule has 0 bridgehead atoms. The maximum Gasteiger partial charge on any atom is 0.263 e. The SMILES string of the molecule is Cc1c(Cl)cnc(NC(=O)COc2ccc(Br)cc2Cl)c1Cl. The number of hydrogen-bond acceptors (Lipinski definition) is 3. The Balaban J connectivity index is 2.00. The summed E-state index contributed by atoms with van der Waals surface area (Å²) in [6.45, 7) is 1.52. The van der Waals surface area contributed by atoms with Gasteiger partial charge in [0, 0.05) is 10.7 Å². The summed E-state index contributed by atoms with van der Waals surface area (Å²) < 4.78 is 6.18. The molecule has 1 amide bonds. The number of carbonyl (C=O) groups is 1. The van der Waals surface area contributed by atoms with Crippen LogP contribution in [0.2, 0.25) is 15.1 Å². The second kappa shape index (κ2) is 7.51. The van der Waals surface area contributed by atoms with E-state index in [1.54, 1.807) is 25.1 Å². The smallest absolute Gasteiger partial charge is 0.263 e. The maximum absolute atomic E-state index is 11.9. The van der Waals surface area contributed by atoms with E-state index in [2.05, 4.69) is 26.2 Å². The zero-order chi connectivity index (χ0) is 16.3. The second-order valence-electron chi connectivity index (χ2n) is 4.31. The lowest BCUT2D eigenvalue weighted by Gasteiger charge is -2.10. The van der Waals surface area contributed by atoms with Gasteiger partial charge in [-0.3, -0.25) is 4.79 Å². The highest BCUT2D eigenvalue weighted by Gasteiger charge is 2.12. The highest BCUT2D eigenvalue weighted by Crippen LogP contribution is 2.29. The first-order valence-electron chi connectivity index (χ1n) is 6.06. The third-order valence-corrected chi connectivity index (χ3v) is 4.35. The molecule has 0 saturated heterocycles. The van der Waals surface area contributed by atoms with Crippen LogP contribution in [0.25, 0.3) is 0 Å². The van der Waals surface area contributed by atoms with Crippen molar-refractivity contribution in [2.75, 3.05) is 11.9 Å². The summed E-state index contributed by atoms with van der Waals surface area (Å²) in [4.78, 5) is 15.9. The Labute approximate surface area is 150 Å². The Hall–Kier alpha value is -1.01. The largest absolute Gasteiger partial charge is 0.482 e. The first-order valence-corrected chi connectivity index (χ1v) is 7.99. The standard InChI is InChI=1S/C14H10BrCl3N2O2/c1-7-10(17)5-19-14(13(7)18)20-12(21)6-22-11-3-2-8(15)4-9(11)16/h2-5H,6H2,1H3,(H,19,20,21). The summed E-state index contributed by atoms with van der Waals surface area (Å²) in [6.07, 6.45) is 1.42. The van der Waals surface area contributed by atoms with Gasteiger partial charge in [-0.15, -0.1) is 0 Å². The molecule has 1 heterocycles. The fraction of sp³-hybridized carbons (Fsp3) is 0.143. The van der Waals surface area contributed by atoms with Crippen LogP contribution in [0, 0.1) is 6.92 Å². The molecule has 1 N–H and O–H groups in total. The van der Waals surface area contributed by atoms with Crippen LogP contribution in [0.5, 0.6) is 5.75 Å². The molecule has 0 unspecified atom stereocenters. The van der Waals surface area contributed by atoms with Crippen LogP contribution in [0.3, 0.4) is 0 Å². The number of rotatable bonds is 4. The van der Waals surface area contributed by atoms with E-state index in [0.29, 0.717) is 26.4 Å². The van der Waals surface area contributed by atoms with Crippen molar-refractivity contribution < 1.29 is 9.53 Å². The van der Waals surface area contributed by atoms with Crippen LogP contribution in [0.4, 0.5) is 5.82 Å². The molecule has 1 aromatic carbocycles. The quantitative estimate of drug-likeness (QED) is 0.740. The van der Waals surface area contributed by atoms with Gasteiger partial charge in [-0.25, -0.2) is 4.98 Å². The molecule has 1 aromatic heterocycles. The fourth-order valence-corrected chi connectivity index (χ4v) is 2.67. The molecule has 0 saturated carbocycles. The molecule has 8 heteroatoms. The maximum atomic E-state index is 11.9. The van der Waals surface area contributed by atoms with Gasteiger partial charge in [-0.2, -0.15) is 0 Å². The van der Waals surface area contributed by atoms with Gasteiger partial charge < -0.3 is 10.1 Å². The number of hydrogen-bond donors (Lipinski definition) is 1. The monoisotopic (exact) mass is 422 g/mol. The molecule has 116 valence electrons. The number of halogens is 4. The average molecular weight is 425 g/mol. The number of benzene rings is 1. The van der Waals surface area contributed by atoms with Crippen molar-refractivity contribution >= 4 is 62.5 Å². The molecule has 4 nitrogen and oxygen atoms in total. The van der Waals surface area contributed by atoms with E-state index in [9.17, 15) is 4.79 Å². The Morgan fingerprint density at radius 1 is 1.32 bits per heavy atom. The van der Waals surface area contributed by atoms with Gasteiger partial charge >= 0.3 is 0 Å². The van der Waals surface area contributed by atoms with Gasteiger partial charge in [0.05, 0.1) is 15.1 Å². The van der Waals surface area contributed by atoms with Crippen LogP contribution in [-0.4, -0.2) is 17.5 Å². The third kappa shape index (κ3) is 4.26. The van der Waals surface area contributed by atoms with Crippen molar-refractivity contribution in [3.05, 3.63) is 49.5 Å². The molecule has 2 rings (SSSR count). The van der Waals surface area contributed by atoms with E-state index in [1.807, 2.05) is 0 Å². The van der Waals surface area contributed by atoms with Crippen molar-refractivity contribution in [2.24, 2.45) is 0 Å². The number of nitrogens with zero attached hydrogens (tertiary/aromatic N) is 1. The lowest BCUT2D eigenvalue weighted by molar-refractivity contribution is -0.118. The van der Waals surface area contributed by atoms with Gasteiger partial charge in [0.15, 0.2) is 12.4 Å². The lowest BCUT2D eigenvalue weighted by atomic mass is 10.3. The van der Waals surface area contributed by atoms with Crippen LogP contribution < -0.4 is 10.1 Å². The van der Waals surface area contributed by atoms with Crippen LogP contribution in [-0.2, 0) is 4.79 Å². The number of nitrogens with one attached hydrogen (secondary N) is 1. The van der Waals surface area contributed by atoms with Crippen molar-refractivity contribution in [2.45, 2.75) is 6.92 Å². The number of carbonyl (C=O) groups excluding carboxylic acids is 1. The van der Waals surface area contributed by atoms with E-state index >= 15 is 0 Å². The number of aromatic nitrogens is 1. The van der Waals surface area contributed by atoms with Gasteiger partial charge in [0.1, 0.15) is 5.75 Å². The Kier molecular flexibility index (Phi) is 5.92. The number of anilines is 1. The van der Waals surface area contributed by atoms with E-state index in [4.69, 9.17) is 39.5 Å². The summed E-state index contributed by atoms with van der Waals surface area (Å²) in [6, 6.07) is 5.10. The predicted octanol–water partition coefficient (Wildman–Crippen LogP) is 5.13. The van der Waals surface area contributed by atoms with Gasteiger partial charge in [0.25, 0.3) is 5.91 Å². The minimum absolute atomic E-state index is 0.221. The summed E-state index contributed by atoms with van der Waals surface area (Å²) in [7, 11) is 0. The molecule has 0 fully saturated rings. The third-order valence-electron chi connectivity index (χ3n) is 2.71. The summed E-state index contributed by atoms with van der Waals surface area (Å²) >= 11 is 21.3. The Bertz CT molecular complexity index is 725. The van der Waals surface area contributed by atoms with E-state index in [-0.39, 0.29) is 12.4 Å². The Morgan fingerprint density at radius 2 is 2.05 bits per heavy atom. The van der Waals surface area contributed by atoms with Gasteiger partial charge in [-0.05, 0) is 30.7 Å². The van der Waals surface area contributed by atoms with Gasteiger partial charge in [0.2, 0.25) is 0 Å². The zero-order valence-corrected chi connectivity index (χ0v) is 15.1. The van der Waals surface area contributed by atoms with E-state index < -0.39 is 5.91 Å². The van der Waals surface area contributed by atoms with Crippen molar-refractivity contribution in [1.82, 2.24) is 4.98 Å². The first-order chi connectivity index (χ1) is 10.4. The summed E-state index contributed by atoms with van der Waals surface area (Å²) in [5.41, 5.74) is 0.644. The van der Waals surface area contributed by atoms with Crippen LogP contribution in [0.1, 0.15) is 5.56 Å². The lowest BCUT2D eigenvalue weighted by Crippen LogP contribution is -2.21. The Morgan fingerprint density at radius 3 is 2.73 bits per heavy atom. The van der Waals surface area contributed by atoms with Gasteiger partial charge in [-0.1, -0.05) is 50.7 Å². The first kappa shape index (κ1) is 17.3. The normalized spacial score (nSPS) is 10.4. The molecule has 22 heavy (non-hydrogen) atoms. The number of pyridine rings is 1. The van der Waals surface area contributed by atoms with E-state index in [0.717, 1.165) is 4.47 Å². The summed E-state index contributed by atoms with van der Waals surface area (Å²) in [5.74, 6) is 0.237. The van der Waals surface area contributed by atoms with Crippen molar-refractivity contribution in [1.29, 1.82) is 0 Å². The molecule has 0 aliphatic rings. The fourth-order valence-electron chi connectivity index (χ4n) is 1.55. The minimum atomic E-state index is -0.407. The van der Waals surface area contributed by atoms with Crippen molar-refractivity contribution in [3.63, 3.8) is 0 Å².